The largest absolute Gasteiger partial charge is 0.490 e. The second-order valence-electron chi connectivity index (χ2n) is 7.28. The van der Waals surface area contributed by atoms with E-state index in [2.05, 4.69) is 34.0 Å². The molecule has 1 aliphatic carbocycles. The Labute approximate surface area is 171 Å². The fraction of sp³-hybridized carbons (Fsp3) is 0.391. The van der Waals surface area contributed by atoms with Crippen LogP contribution in [0.5, 0.6) is 5.75 Å². The Bertz CT molecular complexity index is 913. The van der Waals surface area contributed by atoms with Gasteiger partial charge in [-0.25, -0.2) is 9.97 Å². The molecule has 1 saturated carbocycles. The van der Waals surface area contributed by atoms with Crippen LogP contribution in [0.25, 0.3) is 11.3 Å². The summed E-state index contributed by atoms with van der Waals surface area (Å²) in [5.41, 5.74) is 1.80. The third-order valence-electron chi connectivity index (χ3n) is 5.32. The van der Waals surface area contributed by atoms with E-state index in [9.17, 15) is 0 Å². The highest BCUT2D eigenvalue weighted by Gasteiger charge is 2.17. The van der Waals surface area contributed by atoms with Gasteiger partial charge in [0.15, 0.2) is 5.76 Å². The molecule has 0 atom stereocenters. The van der Waals surface area contributed by atoms with Gasteiger partial charge < -0.3 is 19.4 Å². The normalized spacial score (nSPS) is 14.1. The first-order valence-electron chi connectivity index (χ1n) is 10.5. The molecular formula is C23H28N4O2. The average molecular weight is 393 g/mol. The van der Waals surface area contributed by atoms with E-state index in [1.54, 1.807) is 12.4 Å². The van der Waals surface area contributed by atoms with Gasteiger partial charge >= 0.3 is 0 Å². The lowest BCUT2D eigenvalue weighted by Gasteiger charge is -2.19. The van der Waals surface area contributed by atoms with Crippen molar-refractivity contribution in [3.8, 4) is 17.1 Å². The first-order chi connectivity index (χ1) is 14.2. The van der Waals surface area contributed by atoms with Crippen LogP contribution in [0, 0.1) is 0 Å². The standard InChI is InChI=1S/C23H28N4O2/c1-3-27(4-2)22-13-12-18(15-24-22)26-23-25-16-21(29-23)17-8-7-11-20(14-17)28-19-9-5-6-10-19/h7-8,11-16,19H,3-6,9-10H2,1-2H3,(H,25,26). The van der Waals surface area contributed by atoms with Gasteiger partial charge in [-0.05, 0) is 63.8 Å². The van der Waals surface area contributed by atoms with E-state index in [1.165, 1.54) is 12.8 Å². The maximum atomic E-state index is 6.10. The molecule has 1 N–H and O–H groups in total. The monoisotopic (exact) mass is 392 g/mol. The van der Waals surface area contributed by atoms with Crippen molar-refractivity contribution in [3.05, 3.63) is 48.8 Å². The lowest BCUT2D eigenvalue weighted by atomic mass is 10.2. The molecule has 152 valence electrons. The molecule has 1 aliphatic rings. The summed E-state index contributed by atoms with van der Waals surface area (Å²) in [5.74, 6) is 2.56. The van der Waals surface area contributed by atoms with Crippen molar-refractivity contribution in [1.29, 1.82) is 0 Å². The summed E-state index contributed by atoms with van der Waals surface area (Å²) in [7, 11) is 0. The van der Waals surface area contributed by atoms with Crippen LogP contribution in [-0.4, -0.2) is 29.2 Å². The van der Waals surface area contributed by atoms with E-state index in [-0.39, 0.29) is 0 Å². The summed E-state index contributed by atoms with van der Waals surface area (Å²) in [4.78, 5) is 11.1. The summed E-state index contributed by atoms with van der Waals surface area (Å²) in [6.45, 7) is 6.12. The summed E-state index contributed by atoms with van der Waals surface area (Å²) >= 11 is 0. The van der Waals surface area contributed by atoms with Crippen molar-refractivity contribution in [1.82, 2.24) is 9.97 Å². The molecule has 6 nitrogen and oxygen atoms in total. The van der Waals surface area contributed by atoms with E-state index in [0.717, 1.165) is 48.7 Å². The van der Waals surface area contributed by atoms with Crippen molar-refractivity contribution in [2.45, 2.75) is 45.6 Å². The molecule has 6 heteroatoms. The van der Waals surface area contributed by atoms with Gasteiger partial charge in [-0.3, -0.25) is 0 Å². The lowest BCUT2D eigenvalue weighted by Crippen LogP contribution is -2.22. The highest BCUT2D eigenvalue weighted by Crippen LogP contribution is 2.30. The summed E-state index contributed by atoms with van der Waals surface area (Å²) in [6.07, 6.45) is 8.66. The van der Waals surface area contributed by atoms with Crippen LogP contribution in [0.1, 0.15) is 39.5 Å². The number of anilines is 3. The number of hydrogen-bond acceptors (Lipinski definition) is 6. The van der Waals surface area contributed by atoms with Crippen molar-refractivity contribution in [3.63, 3.8) is 0 Å². The third kappa shape index (κ3) is 4.70. The molecule has 0 amide bonds. The molecule has 29 heavy (non-hydrogen) atoms. The zero-order valence-corrected chi connectivity index (χ0v) is 17.1. The average Bonchev–Trinajstić information content (AvgIpc) is 3.43. The molecule has 1 fully saturated rings. The maximum Gasteiger partial charge on any atom is 0.299 e. The zero-order chi connectivity index (χ0) is 20.1. The predicted octanol–water partition coefficient (Wildman–Crippen LogP) is 5.65. The van der Waals surface area contributed by atoms with Crippen molar-refractivity contribution < 1.29 is 9.15 Å². The number of nitrogens with one attached hydrogen (secondary N) is 1. The molecule has 0 bridgehead atoms. The fourth-order valence-corrected chi connectivity index (χ4v) is 3.70. The van der Waals surface area contributed by atoms with Gasteiger partial charge in [0, 0.05) is 18.7 Å². The van der Waals surface area contributed by atoms with Gasteiger partial charge in [0.2, 0.25) is 0 Å². The fourth-order valence-electron chi connectivity index (χ4n) is 3.70. The summed E-state index contributed by atoms with van der Waals surface area (Å²) in [6, 6.07) is 12.4. The SMILES string of the molecule is CCN(CC)c1ccc(Nc2ncc(-c3cccc(OC4CCCC4)c3)o2)cn1. The van der Waals surface area contributed by atoms with Gasteiger partial charge in [0.1, 0.15) is 11.6 Å². The second-order valence-corrected chi connectivity index (χ2v) is 7.28. The van der Waals surface area contributed by atoms with Crippen molar-refractivity contribution >= 4 is 17.5 Å². The minimum absolute atomic E-state index is 0.337. The number of ether oxygens (including phenoxy) is 1. The zero-order valence-electron chi connectivity index (χ0n) is 17.1. The topological polar surface area (TPSA) is 63.4 Å². The minimum Gasteiger partial charge on any atom is -0.490 e. The number of pyridine rings is 1. The highest BCUT2D eigenvalue weighted by molar-refractivity contribution is 5.61. The second kappa shape index (κ2) is 8.99. The predicted molar refractivity (Wildman–Crippen MR) is 116 cm³/mol. The Morgan fingerprint density at radius 3 is 2.62 bits per heavy atom. The van der Waals surface area contributed by atoms with Gasteiger partial charge in [-0.1, -0.05) is 12.1 Å². The lowest BCUT2D eigenvalue weighted by molar-refractivity contribution is 0.210. The smallest absolute Gasteiger partial charge is 0.299 e. The first kappa shape index (κ1) is 19.3. The molecule has 4 rings (SSSR count). The van der Waals surface area contributed by atoms with Gasteiger partial charge in [-0.2, -0.15) is 0 Å². The molecule has 2 heterocycles. The van der Waals surface area contributed by atoms with Gasteiger partial charge in [-0.15, -0.1) is 0 Å². The Kier molecular flexibility index (Phi) is 5.98. The Hall–Kier alpha value is -3.02. The number of hydrogen-bond donors (Lipinski definition) is 1. The Morgan fingerprint density at radius 2 is 1.90 bits per heavy atom. The van der Waals surface area contributed by atoms with E-state index in [0.29, 0.717) is 17.9 Å². The van der Waals surface area contributed by atoms with E-state index < -0.39 is 0 Å². The van der Waals surface area contributed by atoms with Crippen LogP contribution < -0.4 is 15.0 Å². The van der Waals surface area contributed by atoms with Crippen molar-refractivity contribution in [2.75, 3.05) is 23.3 Å². The summed E-state index contributed by atoms with van der Waals surface area (Å²) in [5, 5.41) is 3.18. The summed E-state index contributed by atoms with van der Waals surface area (Å²) < 4.78 is 12.0. The third-order valence-corrected chi connectivity index (χ3v) is 5.32. The number of benzene rings is 1. The Morgan fingerprint density at radius 1 is 1.07 bits per heavy atom. The van der Waals surface area contributed by atoms with Crippen LogP contribution in [0.15, 0.2) is 53.2 Å². The molecule has 2 aromatic heterocycles. The number of oxazole rings is 1. The van der Waals surface area contributed by atoms with Crippen LogP contribution >= 0.6 is 0 Å². The first-order valence-corrected chi connectivity index (χ1v) is 10.5. The van der Waals surface area contributed by atoms with Gasteiger partial charge in [0.05, 0.1) is 24.2 Å². The number of rotatable bonds is 8. The van der Waals surface area contributed by atoms with Crippen LogP contribution in [-0.2, 0) is 0 Å². The van der Waals surface area contributed by atoms with E-state index in [1.807, 2.05) is 36.4 Å². The van der Waals surface area contributed by atoms with Crippen LogP contribution in [0.2, 0.25) is 0 Å². The molecule has 0 saturated heterocycles. The number of nitrogens with zero attached hydrogens (tertiary/aromatic N) is 3. The quantitative estimate of drug-likeness (QED) is 0.535. The minimum atomic E-state index is 0.337. The molecular weight excluding hydrogens is 364 g/mol. The highest BCUT2D eigenvalue weighted by atomic mass is 16.5. The van der Waals surface area contributed by atoms with Gasteiger partial charge in [0.25, 0.3) is 6.01 Å². The van der Waals surface area contributed by atoms with Crippen LogP contribution in [0.4, 0.5) is 17.5 Å². The maximum absolute atomic E-state index is 6.10. The Balaban J connectivity index is 1.43. The van der Waals surface area contributed by atoms with E-state index in [4.69, 9.17) is 9.15 Å². The molecule has 0 aliphatic heterocycles. The molecule has 0 radical (unpaired) electrons. The number of aromatic nitrogens is 2. The molecule has 0 unspecified atom stereocenters. The molecule has 0 spiro atoms. The van der Waals surface area contributed by atoms with E-state index >= 15 is 0 Å². The molecule has 3 aromatic rings. The van der Waals surface area contributed by atoms with Crippen LogP contribution in [0.3, 0.4) is 0 Å². The van der Waals surface area contributed by atoms with Crippen molar-refractivity contribution in [2.24, 2.45) is 0 Å². The molecule has 1 aromatic carbocycles.